The number of hydrogen-bond donors (Lipinski definition) is 0. The van der Waals surface area contributed by atoms with Crippen molar-refractivity contribution in [3.63, 3.8) is 0 Å². The fourth-order valence-corrected chi connectivity index (χ4v) is 3.13. The molecule has 1 heteroatoms. The van der Waals surface area contributed by atoms with Gasteiger partial charge in [-0.15, -0.1) is 0 Å². The van der Waals surface area contributed by atoms with Gasteiger partial charge in [0.15, 0.2) is 0 Å². The van der Waals surface area contributed by atoms with Crippen LogP contribution in [0.4, 0.5) is 0 Å². The number of rotatable bonds is 1. The molecule has 3 rings (SSSR count). The quantitative estimate of drug-likeness (QED) is 0.526. The van der Waals surface area contributed by atoms with E-state index in [4.69, 9.17) is 0 Å². The topological polar surface area (TPSA) is 0 Å². The van der Waals surface area contributed by atoms with Crippen LogP contribution in [0, 0.1) is 13.8 Å². The SMILES string of the molecule is Cc1cc(Br)c(C)c(-c2cccc3ccccc23)c1. The number of aryl methyl sites for hydroxylation is 1. The maximum absolute atomic E-state index is 3.66. The third-order valence-corrected chi connectivity index (χ3v) is 4.39. The molecule has 0 spiro atoms. The summed E-state index contributed by atoms with van der Waals surface area (Å²) in [5, 5.41) is 2.60. The molecule has 0 saturated heterocycles. The zero-order valence-electron chi connectivity index (χ0n) is 11.1. The Balaban J connectivity index is 2.37. The fraction of sp³-hybridized carbons (Fsp3) is 0.111. The molecule has 0 heterocycles. The minimum atomic E-state index is 1.18. The van der Waals surface area contributed by atoms with Gasteiger partial charge >= 0.3 is 0 Å². The predicted molar refractivity (Wildman–Crippen MR) is 86.6 cm³/mol. The molecule has 0 amide bonds. The Hall–Kier alpha value is -1.60. The van der Waals surface area contributed by atoms with Crippen molar-refractivity contribution in [2.24, 2.45) is 0 Å². The molecule has 3 aromatic carbocycles. The van der Waals surface area contributed by atoms with E-state index in [9.17, 15) is 0 Å². The summed E-state index contributed by atoms with van der Waals surface area (Å²) in [6.07, 6.45) is 0. The molecule has 0 atom stereocenters. The first-order valence-electron chi connectivity index (χ1n) is 6.42. The Labute approximate surface area is 122 Å². The van der Waals surface area contributed by atoms with Crippen LogP contribution in [0.1, 0.15) is 11.1 Å². The van der Waals surface area contributed by atoms with Gasteiger partial charge in [-0.2, -0.15) is 0 Å². The highest BCUT2D eigenvalue weighted by molar-refractivity contribution is 9.10. The van der Waals surface area contributed by atoms with Crippen LogP contribution >= 0.6 is 15.9 Å². The molecule has 0 saturated carbocycles. The number of fused-ring (bicyclic) bond motifs is 1. The Morgan fingerprint density at radius 3 is 2.37 bits per heavy atom. The largest absolute Gasteiger partial charge is 0.0616 e. The minimum absolute atomic E-state index is 1.18. The van der Waals surface area contributed by atoms with E-state index in [1.54, 1.807) is 0 Å². The average molecular weight is 311 g/mol. The second kappa shape index (κ2) is 4.82. The summed E-state index contributed by atoms with van der Waals surface area (Å²) in [5.74, 6) is 0. The second-order valence-electron chi connectivity index (χ2n) is 4.95. The highest BCUT2D eigenvalue weighted by atomic mass is 79.9. The number of hydrogen-bond acceptors (Lipinski definition) is 0. The van der Waals surface area contributed by atoms with Crippen LogP contribution in [-0.4, -0.2) is 0 Å². The molecule has 0 nitrogen and oxygen atoms in total. The zero-order chi connectivity index (χ0) is 13.4. The van der Waals surface area contributed by atoms with Gasteiger partial charge in [0, 0.05) is 4.47 Å². The van der Waals surface area contributed by atoms with Crippen LogP contribution in [0.5, 0.6) is 0 Å². The van der Waals surface area contributed by atoms with Gasteiger partial charge in [-0.05, 0) is 52.9 Å². The molecular weight excluding hydrogens is 296 g/mol. The first-order valence-corrected chi connectivity index (χ1v) is 7.21. The van der Waals surface area contributed by atoms with E-state index in [2.05, 4.69) is 84.4 Å². The standard InChI is InChI=1S/C18H15Br/c1-12-10-17(13(2)18(19)11-12)16-9-5-7-14-6-3-4-8-15(14)16/h3-11H,1-2H3. The van der Waals surface area contributed by atoms with Crippen LogP contribution in [0.3, 0.4) is 0 Å². The molecular formula is C18H15Br. The molecule has 0 fully saturated rings. The summed E-state index contributed by atoms with van der Waals surface area (Å²) < 4.78 is 1.18. The first-order chi connectivity index (χ1) is 9.16. The predicted octanol–water partition coefficient (Wildman–Crippen LogP) is 5.89. The van der Waals surface area contributed by atoms with E-state index in [0.29, 0.717) is 0 Å². The number of halogens is 1. The Kier molecular flexibility index (Phi) is 3.16. The smallest absolute Gasteiger partial charge is 0.0213 e. The molecule has 0 bridgehead atoms. The van der Waals surface area contributed by atoms with Crippen molar-refractivity contribution in [1.82, 2.24) is 0 Å². The van der Waals surface area contributed by atoms with Gasteiger partial charge in [0.05, 0.1) is 0 Å². The molecule has 19 heavy (non-hydrogen) atoms. The van der Waals surface area contributed by atoms with Crippen molar-refractivity contribution >= 4 is 26.7 Å². The van der Waals surface area contributed by atoms with Gasteiger partial charge in [0.25, 0.3) is 0 Å². The Morgan fingerprint density at radius 1 is 0.789 bits per heavy atom. The van der Waals surface area contributed by atoms with Crippen LogP contribution in [-0.2, 0) is 0 Å². The summed E-state index contributed by atoms with van der Waals surface area (Å²) in [7, 11) is 0. The second-order valence-corrected chi connectivity index (χ2v) is 5.80. The molecule has 0 aliphatic heterocycles. The van der Waals surface area contributed by atoms with Gasteiger partial charge in [0.2, 0.25) is 0 Å². The summed E-state index contributed by atoms with van der Waals surface area (Å²) in [4.78, 5) is 0. The molecule has 0 aliphatic carbocycles. The maximum Gasteiger partial charge on any atom is 0.0213 e. The highest BCUT2D eigenvalue weighted by Gasteiger charge is 2.09. The summed E-state index contributed by atoms with van der Waals surface area (Å²) in [5.41, 5.74) is 5.19. The summed E-state index contributed by atoms with van der Waals surface area (Å²) >= 11 is 3.66. The van der Waals surface area contributed by atoms with Crippen LogP contribution in [0.2, 0.25) is 0 Å². The Morgan fingerprint density at radius 2 is 1.53 bits per heavy atom. The van der Waals surface area contributed by atoms with E-state index < -0.39 is 0 Å². The van der Waals surface area contributed by atoms with Gasteiger partial charge in [-0.3, -0.25) is 0 Å². The minimum Gasteiger partial charge on any atom is -0.0616 e. The zero-order valence-corrected chi connectivity index (χ0v) is 12.7. The van der Waals surface area contributed by atoms with Crippen molar-refractivity contribution in [3.05, 3.63) is 70.2 Å². The summed E-state index contributed by atoms with van der Waals surface area (Å²) in [6, 6.07) is 19.5. The lowest BCUT2D eigenvalue weighted by Gasteiger charge is -2.12. The van der Waals surface area contributed by atoms with Gasteiger partial charge in [-0.25, -0.2) is 0 Å². The molecule has 0 aliphatic rings. The van der Waals surface area contributed by atoms with Crippen molar-refractivity contribution in [3.8, 4) is 11.1 Å². The van der Waals surface area contributed by atoms with E-state index in [-0.39, 0.29) is 0 Å². The average Bonchev–Trinajstić information content (AvgIpc) is 2.42. The molecule has 0 N–H and O–H groups in total. The molecule has 0 aromatic heterocycles. The van der Waals surface area contributed by atoms with Crippen LogP contribution in [0.25, 0.3) is 21.9 Å². The maximum atomic E-state index is 3.66. The van der Waals surface area contributed by atoms with Gasteiger partial charge in [0.1, 0.15) is 0 Å². The lowest BCUT2D eigenvalue weighted by Crippen LogP contribution is -1.88. The van der Waals surface area contributed by atoms with E-state index in [1.807, 2.05) is 0 Å². The van der Waals surface area contributed by atoms with Gasteiger partial charge < -0.3 is 0 Å². The van der Waals surface area contributed by atoms with Gasteiger partial charge in [-0.1, -0.05) is 64.5 Å². The lowest BCUT2D eigenvalue weighted by molar-refractivity contribution is 1.37. The third kappa shape index (κ3) is 2.19. The molecule has 3 aromatic rings. The van der Waals surface area contributed by atoms with Crippen molar-refractivity contribution < 1.29 is 0 Å². The normalized spacial score (nSPS) is 10.9. The lowest BCUT2D eigenvalue weighted by atomic mass is 9.94. The van der Waals surface area contributed by atoms with E-state index in [1.165, 1.54) is 37.5 Å². The Bertz CT molecular complexity index is 751. The third-order valence-electron chi connectivity index (χ3n) is 3.57. The van der Waals surface area contributed by atoms with Crippen molar-refractivity contribution in [2.45, 2.75) is 13.8 Å². The van der Waals surface area contributed by atoms with E-state index in [0.717, 1.165) is 0 Å². The number of benzene rings is 3. The molecule has 0 unspecified atom stereocenters. The van der Waals surface area contributed by atoms with E-state index >= 15 is 0 Å². The van der Waals surface area contributed by atoms with Crippen LogP contribution < -0.4 is 0 Å². The highest BCUT2D eigenvalue weighted by Crippen LogP contribution is 2.34. The monoisotopic (exact) mass is 310 g/mol. The fourth-order valence-electron chi connectivity index (χ4n) is 2.55. The molecule has 94 valence electrons. The molecule has 0 radical (unpaired) electrons. The first kappa shape index (κ1) is 12.4. The van der Waals surface area contributed by atoms with Crippen molar-refractivity contribution in [1.29, 1.82) is 0 Å². The van der Waals surface area contributed by atoms with Crippen LogP contribution in [0.15, 0.2) is 59.1 Å². The van der Waals surface area contributed by atoms with Crippen molar-refractivity contribution in [2.75, 3.05) is 0 Å². The summed E-state index contributed by atoms with van der Waals surface area (Å²) in [6.45, 7) is 4.31.